The van der Waals surface area contributed by atoms with Crippen LogP contribution in [0.3, 0.4) is 0 Å². The van der Waals surface area contributed by atoms with Crippen molar-refractivity contribution in [3.05, 3.63) is 75.1 Å². The first-order valence-corrected chi connectivity index (χ1v) is 11.3. The molecule has 3 aromatic rings. The van der Waals surface area contributed by atoms with E-state index in [-0.39, 0.29) is 17.1 Å². The molecule has 0 bridgehead atoms. The van der Waals surface area contributed by atoms with E-state index in [1.54, 1.807) is 23.1 Å². The maximum Gasteiger partial charge on any atom is 0.290 e. The van der Waals surface area contributed by atoms with Crippen LogP contribution < -0.4 is 10.2 Å². The first-order valence-electron chi connectivity index (χ1n) is 11.3. The maximum atomic E-state index is 13.6. The van der Waals surface area contributed by atoms with Crippen LogP contribution in [0.4, 0.5) is 0 Å². The smallest absolute Gasteiger partial charge is 0.290 e. The Hall–Kier alpha value is -3.12. The highest BCUT2D eigenvalue weighted by atomic mass is 16.5. The molecule has 32 heavy (non-hydrogen) atoms. The number of ether oxygens (including phenoxy) is 1. The van der Waals surface area contributed by atoms with Crippen molar-refractivity contribution in [3.8, 4) is 5.75 Å². The Labute approximate surface area is 188 Å². The van der Waals surface area contributed by atoms with E-state index in [1.807, 2.05) is 38.1 Å². The average molecular weight is 435 g/mol. The van der Waals surface area contributed by atoms with E-state index in [9.17, 15) is 9.59 Å². The third kappa shape index (κ3) is 3.91. The first-order chi connectivity index (χ1) is 15.5. The van der Waals surface area contributed by atoms with Crippen LogP contribution >= 0.6 is 0 Å². The standard InChI is InChI=1S/C26H30N2O4/c1-5-27(6-2)14-15-28-23(18-10-8-17(4)9-11-18)22-24(29)20-13-12-19(31-7-3)16-21(20)32-25(22)26(28)30/h8-13,16,23H,5-7,14-15H2,1-4H3. The number of benzene rings is 2. The van der Waals surface area contributed by atoms with Crippen LogP contribution in [0.1, 0.15) is 54.1 Å². The molecule has 1 aliphatic rings. The minimum Gasteiger partial charge on any atom is -0.494 e. The number of amides is 1. The molecule has 6 heteroatoms. The summed E-state index contributed by atoms with van der Waals surface area (Å²) >= 11 is 0. The van der Waals surface area contributed by atoms with Gasteiger partial charge in [0, 0.05) is 19.2 Å². The Kier molecular flexibility index (Phi) is 6.33. The molecule has 6 nitrogen and oxygen atoms in total. The van der Waals surface area contributed by atoms with Gasteiger partial charge in [-0.25, -0.2) is 0 Å². The summed E-state index contributed by atoms with van der Waals surface area (Å²) in [6, 6.07) is 12.7. The lowest BCUT2D eigenvalue weighted by Crippen LogP contribution is -2.37. The molecule has 0 saturated heterocycles. The third-order valence-corrected chi connectivity index (χ3v) is 6.19. The summed E-state index contributed by atoms with van der Waals surface area (Å²) in [6.45, 7) is 11.7. The van der Waals surface area contributed by atoms with Gasteiger partial charge in [0.15, 0.2) is 5.43 Å². The Morgan fingerprint density at radius 2 is 1.75 bits per heavy atom. The number of fused-ring (bicyclic) bond motifs is 2. The number of rotatable bonds is 8. The largest absolute Gasteiger partial charge is 0.494 e. The van der Waals surface area contributed by atoms with Gasteiger partial charge in [0.2, 0.25) is 5.76 Å². The highest BCUT2D eigenvalue weighted by Gasteiger charge is 2.42. The minimum absolute atomic E-state index is 0.140. The van der Waals surface area contributed by atoms with Gasteiger partial charge in [-0.3, -0.25) is 9.59 Å². The van der Waals surface area contributed by atoms with Gasteiger partial charge in [0.25, 0.3) is 5.91 Å². The van der Waals surface area contributed by atoms with E-state index in [4.69, 9.17) is 9.15 Å². The summed E-state index contributed by atoms with van der Waals surface area (Å²) in [5, 5.41) is 0.461. The molecule has 2 heterocycles. The molecule has 0 N–H and O–H groups in total. The fraction of sp³-hybridized carbons (Fsp3) is 0.385. The first kappa shape index (κ1) is 22.1. The molecule has 0 aliphatic carbocycles. The van der Waals surface area contributed by atoms with E-state index >= 15 is 0 Å². The van der Waals surface area contributed by atoms with Crippen molar-refractivity contribution >= 4 is 16.9 Å². The number of hydrogen-bond acceptors (Lipinski definition) is 5. The molecule has 1 atom stereocenters. The molecule has 1 amide bonds. The van der Waals surface area contributed by atoms with Gasteiger partial charge >= 0.3 is 0 Å². The average Bonchev–Trinajstić information content (AvgIpc) is 3.07. The zero-order chi connectivity index (χ0) is 22.8. The quantitative estimate of drug-likeness (QED) is 0.526. The Morgan fingerprint density at radius 3 is 2.41 bits per heavy atom. The molecule has 1 aromatic heterocycles. The van der Waals surface area contributed by atoms with Gasteiger partial charge in [-0.05, 0) is 44.6 Å². The van der Waals surface area contributed by atoms with Gasteiger partial charge in [0.05, 0.1) is 23.6 Å². The monoisotopic (exact) mass is 434 g/mol. The van der Waals surface area contributed by atoms with Gasteiger partial charge in [0.1, 0.15) is 11.3 Å². The molecule has 168 valence electrons. The number of carbonyl (C=O) groups excluding carboxylic acids is 1. The fourth-order valence-electron chi connectivity index (χ4n) is 4.37. The predicted molar refractivity (Wildman–Crippen MR) is 125 cm³/mol. The van der Waals surface area contributed by atoms with Crippen molar-refractivity contribution in [3.63, 3.8) is 0 Å². The topological polar surface area (TPSA) is 63.0 Å². The number of hydrogen-bond donors (Lipinski definition) is 0. The van der Waals surface area contributed by atoms with Crippen molar-refractivity contribution in [1.29, 1.82) is 0 Å². The summed E-state index contributed by atoms with van der Waals surface area (Å²) in [7, 11) is 0. The summed E-state index contributed by atoms with van der Waals surface area (Å²) in [5.74, 6) is 0.516. The van der Waals surface area contributed by atoms with Crippen LogP contribution in [0.2, 0.25) is 0 Å². The van der Waals surface area contributed by atoms with Crippen molar-refractivity contribution in [1.82, 2.24) is 9.80 Å². The second-order valence-corrected chi connectivity index (χ2v) is 8.10. The highest BCUT2D eigenvalue weighted by Crippen LogP contribution is 2.38. The molecular weight excluding hydrogens is 404 g/mol. The molecule has 0 saturated carbocycles. The van der Waals surface area contributed by atoms with E-state index in [0.29, 0.717) is 35.4 Å². The van der Waals surface area contributed by atoms with Crippen molar-refractivity contribution in [2.24, 2.45) is 0 Å². The summed E-state index contributed by atoms with van der Waals surface area (Å²) in [6.07, 6.45) is 0. The van der Waals surface area contributed by atoms with E-state index < -0.39 is 6.04 Å². The second-order valence-electron chi connectivity index (χ2n) is 8.10. The van der Waals surface area contributed by atoms with Gasteiger partial charge in [-0.2, -0.15) is 0 Å². The third-order valence-electron chi connectivity index (χ3n) is 6.19. The SMILES string of the molecule is CCOc1ccc2c(=O)c3c(oc2c1)C(=O)N(CCN(CC)CC)C3c1ccc(C)cc1. The molecule has 0 radical (unpaired) electrons. The summed E-state index contributed by atoms with van der Waals surface area (Å²) < 4.78 is 11.6. The Balaban J connectivity index is 1.85. The van der Waals surface area contributed by atoms with Gasteiger partial charge < -0.3 is 19.0 Å². The zero-order valence-corrected chi connectivity index (χ0v) is 19.2. The van der Waals surface area contributed by atoms with E-state index in [2.05, 4.69) is 18.7 Å². The summed E-state index contributed by atoms with van der Waals surface area (Å²) in [4.78, 5) is 31.1. The lowest BCUT2D eigenvalue weighted by Gasteiger charge is -2.28. The highest BCUT2D eigenvalue weighted by molar-refractivity contribution is 5.99. The molecule has 0 spiro atoms. The van der Waals surface area contributed by atoms with Crippen LogP contribution in [0.5, 0.6) is 5.75 Å². The lowest BCUT2D eigenvalue weighted by atomic mass is 9.97. The van der Waals surface area contributed by atoms with Crippen LogP contribution in [0, 0.1) is 6.92 Å². The molecule has 1 aliphatic heterocycles. The van der Waals surface area contributed by atoms with E-state index in [0.717, 1.165) is 30.8 Å². The molecule has 0 fully saturated rings. The normalized spacial score (nSPS) is 15.6. The lowest BCUT2D eigenvalue weighted by molar-refractivity contribution is 0.0708. The second kappa shape index (κ2) is 9.17. The van der Waals surface area contributed by atoms with Gasteiger partial charge in [-0.15, -0.1) is 0 Å². The zero-order valence-electron chi connectivity index (χ0n) is 19.2. The van der Waals surface area contributed by atoms with Crippen molar-refractivity contribution in [2.75, 3.05) is 32.8 Å². The minimum atomic E-state index is -0.458. The maximum absolute atomic E-state index is 13.6. The summed E-state index contributed by atoms with van der Waals surface area (Å²) in [5.41, 5.74) is 2.69. The molecule has 1 unspecified atom stereocenters. The molecule has 4 rings (SSSR count). The predicted octanol–water partition coefficient (Wildman–Crippen LogP) is 4.39. The van der Waals surface area contributed by atoms with Crippen LogP contribution in [-0.2, 0) is 0 Å². The number of nitrogens with zero attached hydrogens (tertiary/aromatic N) is 2. The van der Waals surface area contributed by atoms with Crippen LogP contribution in [0.15, 0.2) is 51.7 Å². The molecular formula is C26H30N2O4. The van der Waals surface area contributed by atoms with Crippen molar-refractivity contribution in [2.45, 2.75) is 33.7 Å². The number of likely N-dealkylation sites (N-methyl/N-ethyl adjacent to an activating group) is 1. The fourth-order valence-corrected chi connectivity index (χ4v) is 4.37. The molecule has 2 aromatic carbocycles. The van der Waals surface area contributed by atoms with E-state index in [1.165, 1.54) is 0 Å². The van der Waals surface area contributed by atoms with Gasteiger partial charge in [-0.1, -0.05) is 43.7 Å². The Bertz CT molecular complexity index is 1180. The number of carbonyl (C=O) groups is 1. The Morgan fingerprint density at radius 1 is 1.03 bits per heavy atom. The number of aryl methyl sites for hydroxylation is 1. The van der Waals surface area contributed by atoms with Crippen molar-refractivity contribution < 1.29 is 13.9 Å². The van der Waals surface area contributed by atoms with Crippen LogP contribution in [-0.4, -0.2) is 48.5 Å². The van der Waals surface area contributed by atoms with Crippen LogP contribution in [0.25, 0.3) is 11.0 Å².